The van der Waals surface area contributed by atoms with Gasteiger partial charge in [-0.3, -0.25) is 9.59 Å². The molecule has 0 fully saturated rings. The Morgan fingerprint density at radius 1 is 1.47 bits per heavy atom. The molecule has 0 spiro atoms. The van der Waals surface area contributed by atoms with Gasteiger partial charge < -0.3 is 10.4 Å². The Bertz CT molecular complexity index is 379. The summed E-state index contributed by atoms with van der Waals surface area (Å²) in [5, 5.41) is 10.8. The van der Waals surface area contributed by atoms with E-state index in [1.807, 2.05) is 0 Å². The Morgan fingerprint density at radius 2 is 2.00 bits per heavy atom. The number of carbonyl (C=O) groups is 2. The van der Waals surface area contributed by atoms with Crippen molar-refractivity contribution in [2.45, 2.75) is 13.0 Å². The summed E-state index contributed by atoms with van der Waals surface area (Å²) in [4.78, 5) is 29.0. The van der Waals surface area contributed by atoms with Gasteiger partial charge in [-0.1, -0.05) is 0 Å². The van der Waals surface area contributed by atoms with Gasteiger partial charge in [-0.2, -0.15) is 0 Å². The molecule has 0 bridgehead atoms. The highest BCUT2D eigenvalue weighted by Crippen LogP contribution is 2.00. The van der Waals surface area contributed by atoms with Crippen molar-refractivity contribution >= 4 is 23.5 Å². The van der Waals surface area contributed by atoms with E-state index in [0.29, 0.717) is 0 Å². The van der Waals surface area contributed by atoms with Crippen LogP contribution in [0.4, 0.5) is 0 Å². The van der Waals surface area contributed by atoms with Crippen LogP contribution in [0.1, 0.15) is 17.3 Å². The molecule has 80 valence electrons. The number of halogens is 1. The highest BCUT2D eigenvalue weighted by molar-refractivity contribution is 6.28. The van der Waals surface area contributed by atoms with Gasteiger partial charge in [-0.25, -0.2) is 9.97 Å². The summed E-state index contributed by atoms with van der Waals surface area (Å²) in [6.45, 7) is 1.36. The number of nitrogens with zero attached hydrogens (tertiary/aromatic N) is 2. The Labute approximate surface area is 90.3 Å². The van der Waals surface area contributed by atoms with E-state index in [2.05, 4.69) is 15.3 Å². The molecule has 1 atom stereocenters. The van der Waals surface area contributed by atoms with Crippen LogP contribution >= 0.6 is 11.6 Å². The predicted molar refractivity (Wildman–Crippen MR) is 51.6 cm³/mol. The predicted octanol–water partition coefficient (Wildman–Crippen LogP) is 0.333. The summed E-state index contributed by atoms with van der Waals surface area (Å²) in [6.07, 6.45) is 2.44. The molecular weight excluding hydrogens is 222 g/mol. The number of hydrogen-bond acceptors (Lipinski definition) is 4. The zero-order chi connectivity index (χ0) is 11.4. The van der Waals surface area contributed by atoms with Crippen molar-refractivity contribution in [1.29, 1.82) is 0 Å². The van der Waals surface area contributed by atoms with E-state index in [1.165, 1.54) is 19.3 Å². The molecule has 15 heavy (non-hydrogen) atoms. The second kappa shape index (κ2) is 4.70. The summed E-state index contributed by atoms with van der Waals surface area (Å²) in [5.74, 6) is -1.67. The van der Waals surface area contributed by atoms with E-state index in [4.69, 9.17) is 16.7 Å². The fourth-order valence-corrected chi connectivity index (χ4v) is 0.869. The normalized spacial score (nSPS) is 11.9. The number of carboxylic acids is 1. The SMILES string of the molecule is C[C@H](NC(=O)c1cnc(Cl)nc1)C(=O)O. The van der Waals surface area contributed by atoms with Crippen molar-refractivity contribution in [2.75, 3.05) is 0 Å². The molecular formula is C8H8ClN3O3. The van der Waals surface area contributed by atoms with Crippen LogP contribution in [0, 0.1) is 0 Å². The van der Waals surface area contributed by atoms with Crippen LogP contribution in [0.15, 0.2) is 12.4 Å². The first-order valence-corrected chi connectivity index (χ1v) is 4.39. The fraction of sp³-hybridized carbons (Fsp3) is 0.250. The maximum Gasteiger partial charge on any atom is 0.325 e. The topological polar surface area (TPSA) is 92.2 Å². The van der Waals surface area contributed by atoms with Crippen LogP contribution in [0.5, 0.6) is 0 Å². The monoisotopic (exact) mass is 229 g/mol. The van der Waals surface area contributed by atoms with Gasteiger partial charge in [0.2, 0.25) is 5.28 Å². The lowest BCUT2D eigenvalue weighted by atomic mass is 10.3. The van der Waals surface area contributed by atoms with Crippen molar-refractivity contribution in [3.63, 3.8) is 0 Å². The van der Waals surface area contributed by atoms with E-state index < -0.39 is 17.9 Å². The van der Waals surface area contributed by atoms with Crippen LogP contribution in [-0.4, -0.2) is 33.0 Å². The molecule has 0 saturated carbocycles. The van der Waals surface area contributed by atoms with Crippen LogP contribution in [-0.2, 0) is 4.79 Å². The first kappa shape index (κ1) is 11.4. The zero-order valence-corrected chi connectivity index (χ0v) is 8.52. The van der Waals surface area contributed by atoms with Gasteiger partial charge in [-0.15, -0.1) is 0 Å². The summed E-state index contributed by atoms with van der Waals surface area (Å²) < 4.78 is 0. The Balaban J connectivity index is 2.69. The summed E-state index contributed by atoms with van der Waals surface area (Å²) >= 11 is 5.42. The van der Waals surface area contributed by atoms with Crippen molar-refractivity contribution in [1.82, 2.24) is 15.3 Å². The minimum absolute atomic E-state index is 0.0258. The quantitative estimate of drug-likeness (QED) is 0.729. The molecule has 1 rings (SSSR count). The van der Waals surface area contributed by atoms with E-state index in [9.17, 15) is 9.59 Å². The van der Waals surface area contributed by atoms with Crippen molar-refractivity contribution in [3.05, 3.63) is 23.2 Å². The maximum atomic E-state index is 11.4. The van der Waals surface area contributed by atoms with E-state index in [0.717, 1.165) is 0 Å². The zero-order valence-electron chi connectivity index (χ0n) is 7.77. The standard InChI is InChI=1S/C8H8ClN3O3/c1-4(7(14)15)12-6(13)5-2-10-8(9)11-3-5/h2-4H,1H3,(H,12,13)(H,14,15)/t4-/m0/s1. The first-order valence-electron chi connectivity index (χ1n) is 4.02. The second-order valence-corrected chi connectivity index (χ2v) is 3.11. The van der Waals surface area contributed by atoms with Gasteiger partial charge in [-0.05, 0) is 18.5 Å². The van der Waals surface area contributed by atoms with Gasteiger partial charge in [0.25, 0.3) is 5.91 Å². The molecule has 0 saturated heterocycles. The van der Waals surface area contributed by atoms with Gasteiger partial charge >= 0.3 is 5.97 Å². The first-order chi connectivity index (χ1) is 7.00. The van der Waals surface area contributed by atoms with Crippen LogP contribution < -0.4 is 5.32 Å². The van der Waals surface area contributed by atoms with Crippen LogP contribution in [0.25, 0.3) is 0 Å². The summed E-state index contributed by atoms with van der Waals surface area (Å²) in [6, 6.07) is -0.965. The van der Waals surface area contributed by atoms with E-state index in [-0.39, 0.29) is 10.8 Å². The molecule has 1 amide bonds. The number of rotatable bonds is 3. The molecule has 2 N–H and O–H groups in total. The maximum absolute atomic E-state index is 11.4. The van der Waals surface area contributed by atoms with E-state index >= 15 is 0 Å². The minimum atomic E-state index is -1.11. The molecule has 0 aromatic carbocycles. The average Bonchev–Trinajstić information content (AvgIpc) is 2.18. The molecule has 0 aliphatic carbocycles. The largest absolute Gasteiger partial charge is 0.480 e. The molecule has 0 aliphatic heterocycles. The van der Waals surface area contributed by atoms with Crippen LogP contribution in [0.2, 0.25) is 5.28 Å². The fourth-order valence-electron chi connectivity index (χ4n) is 0.771. The Hall–Kier alpha value is -1.69. The molecule has 1 aromatic rings. The average molecular weight is 230 g/mol. The molecule has 0 unspecified atom stereocenters. The lowest BCUT2D eigenvalue weighted by Gasteiger charge is -2.08. The summed E-state index contributed by atoms with van der Waals surface area (Å²) in [7, 11) is 0. The highest BCUT2D eigenvalue weighted by atomic mass is 35.5. The number of aromatic nitrogens is 2. The smallest absolute Gasteiger partial charge is 0.325 e. The number of aliphatic carboxylic acids is 1. The number of carboxylic acid groups (broad SMARTS) is 1. The lowest BCUT2D eigenvalue weighted by Crippen LogP contribution is -2.38. The number of hydrogen-bond donors (Lipinski definition) is 2. The van der Waals surface area contributed by atoms with Gasteiger partial charge in [0, 0.05) is 12.4 Å². The highest BCUT2D eigenvalue weighted by Gasteiger charge is 2.15. The van der Waals surface area contributed by atoms with Gasteiger partial charge in [0.1, 0.15) is 6.04 Å². The molecule has 6 nitrogen and oxygen atoms in total. The minimum Gasteiger partial charge on any atom is -0.480 e. The molecule has 1 aromatic heterocycles. The molecule has 1 heterocycles. The van der Waals surface area contributed by atoms with Gasteiger partial charge in [0.15, 0.2) is 0 Å². The third kappa shape index (κ3) is 3.17. The number of amides is 1. The van der Waals surface area contributed by atoms with Crippen molar-refractivity contribution < 1.29 is 14.7 Å². The van der Waals surface area contributed by atoms with Gasteiger partial charge in [0.05, 0.1) is 5.56 Å². The Kier molecular flexibility index (Phi) is 3.56. The lowest BCUT2D eigenvalue weighted by molar-refractivity contribution is -0.138. The van der Waals surface area contributed by atoms with Crippen molar-refractivity contribution in [2.24, 2.45) is 0 Å². The number of nitrogens with one attached hydrogen (secondary N) is 1. The molecule has 0 aliphatic rings. The van der Waals surface area contributed by atoms with E-state index in [1.54, 1.807) is 0 Å². The number of carbonyl (C=O) groups excluding carboxylic acids is 1. The molecule has 0 radical (unpaired) electrons. The third-order valence-electron chi connectivity index (χ3n) is 1.60. The van der Waals surface area contributed by atoms with Crippen molar-refractivity contribution in [3.8, 4) is 0 Å². The third-order valence-corrected chi connectivity index (χ3v) is 1.80. The Morgan fingerprint density at radius 3 is 2.47 bits per heavy atom. The summed E-state index contributed by atoms with van der Waals surface area (Å²) in [5.41, 5.74) is 0.160. The second-order valence-electron chi connectivity index (χ2n) is 2.77. The molecule has 7 heteroatoms. The van der Waals surface area contributed by atoms with Crippen LogP contribution in [0.3, 0.4) is 0 Å².